The molecule has 0 spiro atoms. The Hall–Kier alpha value is -0.930. The zero-order chi connectivity index (χ0) is 9.86. The predicted octanol–water partition coefficient (Wildman–Crippen LogP) is 0.532. The van der Waals surface area contributed by atoms with Crippen LogP contribution in [-0.2, 0) is 5.41 Å². The van der Waals surface area contributed by atoms with Crippen LogP contribution in [0.3, 0.4) is 0 Å². The summed E-state index contributed by atoms with van der Waals surface area (Å²) in [5.41, 5.74) is 1.67. The Bertz CT molecular complexity index is 278. The summed E-state index contributed by atoms with van der Waals surface area (Å²) >= 11 is 0. The van der Waals surface area contributed by atoms with Gasteiger partial charge in [-0.25, -0.2) is 0 Å². The van der Waals surface area contributed by atoms with E-state index < -0.39 is 0 Å². The van der Waals surface area contributed by atoms with Gasteiger partial charge in [-0.1, -0.05) is 0 Å². The molecule has 2 heterocycles. The topological polar surface area (TPSA) is 37.0 Å². The fourth-order valence-corrected chi connectivity index (χ4v) is 2.29. The highest BCUT2D eigenvalue weighted by molar-refractivity contribution is 5.26. The Labute approximate surface area is 84.9 Å². The first-order valence-corrected chi connectivity index (χ1v) is 5.13. The van der Waals surface area contributed by atoms with Gasteiger partial charge in [0.25, 0.3) is 0 Å². The van der Waals surface area contributed by atoms with Gasteiger partial charge in [-0.05, 0) is 37.7 Å². The molecule has 14 heavy (non-hydrogen) atoms. The highest BCUT2D eigenvalue weighted by atomic mass is 15.0. The van der Waals surface area contributed by atoms with Gasteiger partial charge in [-0.15, -0.1) is 0 Å². The third-order valence-electron chi connectivity index (χ3n) is 3.05. The number of nitrogens with zero attached hydrogens (tertiary/aromatic N) is 1. The van der Waals surface area contributed by atoms with E-state index in [2.05, 4.69) is 27.8 Å². The lowest BCUT2D eigenvalue weighted by Gasteiger charge is -2.28. The third-order valence-corrected chi connectivity index (χ3v) is 3.05. The first-order chi connectivity index (χ1) is 6.87. The molecule has 0 bridgehead atoms. The average Bonchev–Trinajstić information content (AvgIpc) is 2.70. The molecule has 1 atom stereocenters. The Kier molecular flexibility index (Phi) is 2.79. The van der Waals surface area contributed by atoms with Gasteiger partial charge in [0.1, 0.15) is 0 Å². The maximum Gasteiger partial charge on any atom is 0.0270 e. The van der Waals surface area contributed by atoms with Crippen molar-refractivity contribution in [1.82, 2.24) is 15.6 Å². The Morgan fingerprint density at radius 2 is 2.29 bits per heavy atom. The average molecular weight is 191 g/mol. The molecule has 0 aromatic carbocycles. The van der Waals surface area contributed by atoms with Crippen LogP contribution in [0.5, 0.6) is 0 Å². The summed E-state index contributed by atoms with van der Waals surface area (Å²) in [5, 5.41) is 6.72. The van der Waals surface area contributed by atoms with Crippen LogP contribution in [0.1, 0.15) is 12.0 Å². The van der Waals surface area contributed by atoms with E-state index in [1.54, 1.807) is 0 Å². The highest BCUT2D eigenvalue weighted by Gasteiger charge is 2.34. The van der Waals surface area contributed by atoms with Gasteiger partial charge in [-0.2, -0.15) is 0 Å². The molecule has 1 aromatic heterocycles. The van der Waals surface area contributed by atoms with Crippen LogP contribution in [0.4, 0.5) is 0 Å². The first-order valence-electron chi connectivity index (χ1n) is 5.13. The van der Waals surface area contributed by atoms with E-state index in [0.29, 0.717) is 0 Å². The van der Waals surface area contributed by atoms with E-state index in [-0.39, 0.29) is 5.41 Å². The van der Waals surface area contributed by atoms with Crippen molar-refractivity contribution in [1.29, 1.82) is 0 Å². The van der Waals surface area contributed by atoms with Crippen LogP contribution >= 0.6 is 0 Å². The number of aromatic nitrogens is 1. The van der Waals surface area contributed by atoms with Crippen molar-refractivity contribution in [3.8, 4) is 0 Å². The van der Waals surface area contributed by atoms with Crippen LogP contribution in [0.2, 0.25) is 0 Å². The van der Waals surface area contributed by atoms with Gasteiger partial charge >= 0.3 is 0 Å². The number of nitrogens with one attached hydrogen (secondary N) is 2. The summed E-state index contributed by atoms with van der Waals surface area (Å²) in [7, 11) is 2.02. The highest BCUT2D eigenvalue weighted by Crippen LogP contribution is 2.29. The minimum absolute atomic E-state index is 0.275. The molecule has 3 heteroatoms. The molecule has 2 N–H and O–H groups in total. The van der Waals surface area contributed by atoms with Crippen molar-refractivity contribution in [2.45, 2.75) is 11.8 Å². The second-order valence-corrected chi connectivity index (χ2v) is 3.97. The smallest absolute Gasteiger partial charge is 0.0270 e. The minimum atomic E-state index is 0.275. The summed E-state index contributed by atoms with van der Waals surface area (Å²) in [6, 6.07) is 4.26. The van der Waals surface area contributed by atoms with Crippen LogP contribution in [0, 0.1) is 0 Å². The molecule has 76 valence electrons. The zero-order valence-electron chi connectivity index (χ0n) is 8.59. The maximum atomic E-state index is 4.07. The van der Waals surface area contributed by atoms with Gasteiger partial charge in [0, 0.05) is 30.9 Å². The quantitative estimate of drug-likeness (QED) is 0.732. The summed E-state index contributed by atoms with van der Waals surface area (Å²) in [6.45, 7) is 3.21. The number of hydrogen-bond acceptors (Lipinski definition) is 3. The normalized spacial score (nSPS) is 26.6. The summed E-state index contributed by atoms with van der Waals surface area (Å²) in [6.07, 6.45) is 4.97. The van der Waals surface area contributed by atoms with Crippen LogP contribution in [-0.4, -0.2) is 31.7 Å². The van der Waals surface area contributed by atoms with Crippen molar-refractivity contribution in [3.05, 3.63) is 30.1 Å². The van der Waals surface area contributed by atoms with Crippen molar-refractivity contribution in [2.75, 3.05) is 26.7 Å². The van der Waals surface area contributed by atoms with E-state index in [4.69, 9.17) is 0 Å². The van der Waals surface area contributed by atoms with Crippen LogP contribution in [0.15, 0.2) is 24.5 Å². The molecule has 3 nitrogen and oxygen atoms in total. The molecule has 1 fully saturated rings. The molecule has 1 aliphatic rings. The summed E-state index contributed by atoms with van der Waals surface area (Å²) in [4.78, 5) is 4.07. The fraction of sp³-hybridized carbons (Fsp3) is 0.545. The number of rotatable bonds is 3. The van der Waals surface area contributed by atoms with E-state index in [9.17, 15) is 0 Å². The second kappa shape index (κ2) is 4.07. The molecule has 1 saturated heterocycles. The van der Waals surface area contributed by atoms with E-state index >= 15 is 0 Å². The molecular formula is C11H17N3. The molecule has 0 saturated carbocycles. The van der Waals surface area contributed by atoms with Gasteiger partial charge in [0.05, 0.1) is 0 Å². The lowest BCUT2D eigenvalue weighted by molar-refractivity contribution is 0.447. The van der Waals surface area contributed by atoms with E-state index in [1.165, 1.54) is 12.0 Å². The lowest BCUT2D eigenvalue weighted by Crippen LogP contribution is -2.38. The largest absolute Gasteiger partial charge is 0.319 e. The van der Waals surface area contributed by atoms with Crippen molar-refractivity contribution >= 4 is 0 Å². The van der Waals surface area contributed by atoms with Crippen LogP contribution in [0.25, 0.3) is 0 Å². The Balaban J connectivity index is 2.27. The molecule has 0 aliphatic carbocycles. The number of likely N-dealkylation sites (N-methyl/N-ethyl adjacent to an activating group) is 1. The first kappa shape index (κ1) is 9.62. The van der Waals surface area contributed by atoms with Crippen molar-refractivity contribution in [2.24, 2.45) is 0 Å². The fourth-order valence-electron chi connectivity index (χ4n) is 2.29. The monoisotopic (exact) mass is 191 g/mol. The second-order valence-electron chi connectivity index (χ2n) is 3.97. The van der Waals surface area contributed by atoms with Crippen LogP contribution < -0.4 is 10.6 Å². The zero-order valence-corrected chi connectivity index (χ0v) is 8.59. The molecule has 1 aromatic rings. The Morgan fingerprint density at radius 1 is 1.50 bits per heavy atom. The molecule has 0 radical (unpaired) electrons. The number of pyridine rings is 1. The molecule has 1 aliphatic heterocycles. The van der Waals surface area contributed by atoms with Gasteiger partial charge < -0.3 is 10.6 Å². The standard InChI is InChI=1S/C11H17N3/c1-12-8-11(4-7-14-9-11)10-2-5-13-6-3-10/h2-3,5-6,12,14H,4,7-9H2,1H3. The minimum Gasteiger partial charge on any atom is -0.319 e. The van der Waals surface area contributed by atoms with Crippen molar-refractivity contribution in [3.63, 3.8) is 0 Å². The molecule has 2 rings (SSSR count). The Morgan fingerprint density at radius 3 is 2.86 bits per heavy atom. The number of hydrogen-bond donors (Lipinski definition) is 2. The molecule has 1 unspecified atom stereocenters. The van der Waals surface area contributed by atoms with Gasteiger partial charge in [0.2, 0.25) is 0 Å². The maximum absolute atomic E-state index is 4.07. The van der Waals surface area contributed by atoms with Gasteiger partial charge in [0.15, 0.2) is 0 Å². The van der Waals surface area contributed by atoms with E-state index in [0.717, 1.165) is 19.6 Å². The van der Waals surface area contributed by atoms with Gasteiger partial charge in [-0.3, -0.25) is 4.98 Å². The SMILES string of the molecule is CNCC1(c2ccncc2)CCNC1. The predicted molar refractivity (Wildman–Crippen MR) is 57.3 cm³/mol. The van der Waals surface area contributed by atoms with E-state index in [1.807, 2.05) is 19.4 Å². The lowest BCUT2D eigenvalue weighted by atomic mass is 9.80. The third kappa shape index (κ3) is 1.65. The summed E-state index contributed by atoms with van der Waals surface area (Å²) < 4.78 is 0. The van der Waals surface area contributed by atoms with Crippen molar-refractivity contribution < 1.29 is 0 Å². The summed E-state index contributed by atoms with van der Waals surface area (Å²) in [5.74, 6) is 0. The molecule has 0 amide bonds. The molecular weight excluding hydrogens is 174 g/mol.